The average molecular weight is 264 g/mol. The Balaban J connectivity index is 3.70. The van der Waals surface area contributed by atoms with E-state index in [0.717, 1.165) is 6.08 Å². The molecule has 0 bridgehead atoms. The lowest BCUT2D eigenvalue weighted by molar-refractivity contribution is -0.142. The number of carbonyl (C=O) groups is 1. The fourth-order valence-corrected chi connectivity index (χ4v) is 1.88. The summed E-state index contributed by atoms with van der Waals surface area (Å²) in [7, 11) is -0.785. The first-order valence-corrected chi connectivity index (χ1v) is 6.94. The molecule has 1 atom stereocenters. The molecular weight excluding hydrogens is 244 g/mol. The molecule has 0 rings (SSSR count). The zero-order valence-electron chi connectivity index (χ0n) is 10.5. The molecule has 1 unspecified atom stereocenters. The summed E-state index contributed by atoms with van der Waals surface area (Å²) in [5, 5.41) is 0. The van der Waals surface area contributed by atoms with Crippen LogP contribution in [0.3, 0.4) is 0 Å². The minimum atomic E-state index is -3.43. The summed E-state index contributed by atoms with van der Waals surface area (Å²) in [5.41, 5.74) is 0. The van der Waals surface area contributed by atoms with E-state index in [9.17, 15) is 9.59 Å². The van der Waals surface area contributed by atoms with Crippen LogP contribution in [0, 0.1) is 0 Å². The van der Waals surface area contributed by atoms with Gasteiger partial charge in [0.25, 0.3) is 0 Å². The van der Waals surface area contributed by atoms with Gasteiger partial charge in [0, 0.05) is 26.9 Å². The molecule has 6 nitrogen and oxygen atoms in total. The van der Waals surface area contributed by atoms with Gasteiger partial charge < -0.3 is 22.8 Å². The van der Waals surface area contributed by atoms with Gasteiger partial charge in [0.05, 0.1) is 6.10 Å². The normalized spacial score (nSPS) is 13.2. The summed E-state index contributed by atoms with van der Waals surface area (Å²) in [5.74, 6) is -0.446. The van der Waals surface area contributed by atoms with Crippen molar-refractivity contribution in [1.82, 2.24) is 0 Å². The third-order valence-corrected chi connectivity index (χ3v) is 3.64. The Hall–Kier alpha value is -0.733. The van der Waals surface area contributed by atoms with Crippen LogP contribution in [-0.4, -0.2) is 46.7 Å². The van der Waals surface area contributed by atoms with Crippen LogP contribution in [0.4, 0.5) is 0 Å². The molecular formula is C10H20O6Si. The van der Waals surface area contributed by atoms with Crippen LogP contribution in [0.25, 0.3) is 0 Å². The predicted octanol–water partition coefficient (Wildman–Crippen LogP) is 0.622. The van der Waals surface area contributed by atoms with Crippen molar-refractivity contribution < 1.29 is 27.6 Å². The summed E-state index contributed by atoms with van der Waals surface area (Å²) in [6.07, 6.45) is 2.14. The van der Waals surface area contributed by atoms with Crippen LogP contribution < -0.4 is 0 Å². The Morgan fingerprint density at radius 3 is 2.53 bits per heavy atom. The number of carbonyl (C=O) groups excluding carboxylic acids is 1. The third kappa shape index (κ3) is 7.24. The Bertz CT molecular complexity index is 241. The fourth-order valence-electron chi connectivity index (χ4n) is 1.08. The topological polar surface area (TPSA) is 74.2 Å². The van der Waals surface area contributed by atoms with Gasteiger partial charge in [-0.15, -0.1) is 0 Å². The first-order chi connectivity index (χ1) is 7.97. The monoisotopic (exact) mass is 264 g/mol. The second-order valence-corrected chi connectivity index (χ2v) is 5.53. The highest BCUT2D eigenvalue weighted by atomic mass is 28.4. The van der Waals surface area contributed by atoms with Crippen LogP contribution in [0.15, 0.2) is 12.7 Å². The zero-order valence-corrected chi connectivity index (χ0v) is 11.5. The van der Waals surface area contributed by atoms with Crippen molar-refractivity contribution in [1.29, 1.82) is 0 Å². The smallest absolute Gasteiger partial charge is 0.460 e. The first kappa shape index (κ1) is 16.3. The minimum absolute atomic E-state index is 0.219. The quantitative estimate of drug-likeness (QED) is 0.285. The molecule has 17 heavy (non-hydrogen) atoms. The standard InChI is InChI=1S/C10H20O6Si/c1-5-10(11)16-9(2)7-6-8-15-17(12,13-3)14-4/h5,9,12H,1,6-8H2,2-4H3. The largest absolute Gasteiger partial charge is 0.676 e. The van der Waals surface area contributed by atoms with Gasteiger partial charge >= 0.3 is 15.0 Å². The van der Waals surface area contributed by atoms with Gasteiger partial charge in [-0.3, -0.25) is 0 Å². The summed E-state index contributed by atoms with van der Waals surface area (Å²) >= 11 is 0. The van der Waals surface area contributed by atoms with Gasteiger partial charge in [-0.05, 0) is 19.8 Å². The third-order valence-electron chi connectivity index (χ3n) is 2.04. The van der Waals surface area contributed by atoms with E-state index in [2.05, 4.69) is 6.58 Å². The zero-order chi connectivity index (χ0) is 13.3. The highest BCUT2D eigenvalue weighted by molar-refractivity contribution is 6.51. The summed E-state index contributed by atoms with van der Waals surface area (Å²) in [6.45, 7) is 5.36. The van der Waals surface area contributed by atoms with Crippen molar-refractivity contribution in [3.05, 3.63) is 12.7 Å². The van der Waals surface area contributed by atoms with Crippen LogP contribution in [-0.2, 0) is 22.8 Å². The molecule has 0 heterocycles. The average Bonchev–Trinajstić information content (AvgIpc) is 2.34. The maximum absolute atomic E-state index is 10.9. The van der Waals surface area contributed by atoms with Crippen molar-refractivity contribution in [2.45, 2.75) is 25.9 Å². The lowest BCUT2D eigenvalue weighted by atomic mass is 10.2. The maximum Gasteiger partial charge on any atom is 0.676 e. The van der Waals surface area contributed by atoms with Crippen LogP contribution in [0.2, 0.25) is 0 Å². The van der Waals surface area contributed by atoms with Gasteiger partial charge in [0.1, 0.15) is 0 Å². The number of esters is 1. The Labute approximate surface area is 103 Å². The van der Waals surface area contributed by atoms with E-state index in [-0.39, 0.29) is 12.7 Å². The second-order valence-electron chi connectivity index (χ2n) is 3.37. The predicted molar refractivity (Wildman–Crippen MR) is 62.9 cm³/mol. The van der Waals surface area contributed by atoms with Crippen LogP contribution >= 0.6 is 0 Å². The molecule has 1 N–H and O–H groups in total. The second kappa shape index (κ2) is 8.37. The molecule has 7 heteroatoms. The highest BCUT2D eigenvalue weighted by Gasteiger charge is 2.38. The molecule has 0 spiro atoms. The molecule has 0 radical (unpaired) electrons. The first-order valence-electron chi connectivity index (χ1n) is 5.27. The molecule has 0 amide bonds. The van der Waals surface area contributed by atoms with Gasteiger partial charge in [-0.1, -0.05) is 6.58 Å². The molecule has 0 aromatic carbocycles. The van der Waals surface area contributed by atoms with Gasteiger partial charge in [-0.2, -0.15) is 0 Å². The molecule has 0 saturated carbocycles. The maximum atomic E-state index is 10.9. The van der Waals surface area contributed by atoms with Crippen molar-refractivity contribution >= 4 is 15.0 Å². The van der Waals surface area contributed by atoms with Gasteiger partial charge in [-0.25, -0.2) is 4.79 Å². The van der Waals surface area contributed by atoms with Gasteiger partial charge in [0.2, 0.25) is 0 Å². The Kier molecular flexibility index (Phi) is 8.01. The summed E-state index contributed by atoms with van der Waals surface area (Å²) in [6, 6.07) is 0. The van der Waals surface area contributed by atoms with E-state index in [1.165, 1.54) is 14.2 Å². The van der Waals surface area contributed by atoms with Crippen molar-refractivity contribution in [2.24, 2.45) is 0 Å². The fraction of sp³-hybridized carbons (Fsp3) is 0.700. The van der Waals surface area contributed by atoms with E-state index < -0.39 is 15.0 Å². The number of ether oxygens (including phenoxy) is 1. The lowest BCUT2D eigenvalue weighted by Crippen LogP contribution is -2.44. The molecule has 0 fully saturated rings. The summed E-state index contributed by atoms with van der Waals surface area (Å²) < 4.78 is 19.5. The van der Waals surface area contributed by atoms with Crippen molar-refractivity contribution in [2.75, 3.05) is 20.8 Å². The van der Waals surface area contributed by atoms with E-state index in [1.54, 1.807) is 6.92 Å². The van der Waals surface area contributed by atoms with E-state index in [1.807, 2.05) is 0 Å². The number of rotatable bonds is 9. The van der Waals surface area contributed by atoms with Crippen LogP contribution in [0.5, 0.6) is 0 Å². The number of hydrogen-bond donors (Lipinski definition) is 1. The molecule has 0 saturated heterocycles. The van der Waals surface area contributed by atoms with Crippen molar-refractivity contribution in [3.8, 4) is 0 Å². The summed E-state index contributed by atoms with van der Waals surface area (Å²) in [4.78, 5) is 20.4. The van der Waals surface area contributed by atoms with E-state index in [4.69, 9.17) is 18.0 Å². The van der Waals surface area contributed by atoms with Crippen LogP contribution in [0.1, 0.15) is 19.8 Å². The molecule has 0 aromatic rings. The molecule has 0 aromatic heterocycles. The van der Waals surface area contributed by atoms with Gasteiger partial charge in [0.15, 0.2) is 0 Å². The lowest BCUT2D eigenvalue weighted by Gasteiger charge is -2.19. The molecule has 0 aliphatic rings. The molecule has 0 aliphatic heterocycles. The molecule has 100 valence electrons. The van der Waals surface area contributed by atoms with E-state index >= 15 is 0 Å². The minimum Gasteiger partial charge on any atom is -0.460 e. The Morgan fingerprint density at radius 2 is 2.06 bits per heavy atom. The van der Waals surface area contributed by atoms with Crippen molar-refractivity contribution in [3.63, 3.8) is 0 Å². The SMILES string of the molecule is C=CC(=O)OC(C)CCCO[Si](O)(OC)OC. The Morgan fingerprint density at radius 1 is 1.47 bits per heavy atom. The number of hydrogen-bond acceptors (Lipinski definition) is 6. The highest BCUT2D eigenvalue weighted by Crippen LogP contribution is 2.07. The van der Waals surface area contributed by atoms with E-state index in [0.29, 0.717) is 12.8 Å². The molecule has 0 aliphatic carbocycles.